The number of nitrogens with zero attached hydrogens (tertiary/aromatic N) is 1. The lowest BCUT2D eigenvalue weighted by Gasteiger charge is -2.22. The van der Waals surface area contributed by atoms with Gasteiger partial charge in [-0.3, -0.25) is 4.79 Å². The Morgan fingerprint density at radius 2 is 1.54 bits per heavy atom. The molecule has 0 radical (unpaired) electrons. The van der Waals surface area contributed by atoms with Crippen molar-refractivity contribution in [2.75, 3.05) is 0 Å². The molecular weight excluding hydrogens is 364 g/mol. The van der Waals surface area contributed by atoms with Crippen molar-refractivity contribution in [2.45, 2.75) is 23.2 Å². The van der Waals surface area contributed by atoms with E-state index in [9.17, 15) is 4.79 Å². The van der Waals surface area contributed by atoms with Crippen LogP contribution in [0.25, 0.3) is 0 Å². The van der Waals surface area contributed by atoms with Gasteiger partial charge in [0.2, 0.25) is 5.91 Å². The van der Waals surface area contributed by atoms with Crippen molar-refractivity contribution in [2.24, 2.45) is 0 Å². The molecule has 0 saturated carbocycles. The molecule has 0 aliphatic carbocycles. The van der Waals surface area contributed by atoms with E-state index >= 15 is 0 Å². The van der Waals surface area contributed by atoms with E-state index in [0.717, 1.165) is 16.2 Å². The molecule has 1 N–H and O–H groups in total. The van der Waals surface area contributed by atoms with Crippen LogP contribution in [-0.4, -0.2) is 16.1 Å². The van der Waals surface area contributed by atoms with Crippen LogP contribution in [0.5, 0.6) is 0 Å². The van der Waals surface area contributed by atoms with Gasteiger partial charge in [-0.25, -0.2) is 4.98 Å². The highest BCUT2D eigenvalue weighted by Crippen LogP contribution is 2.25. The van der Waals surface area contributed by atoms with Crippen LogP contribution in [0.4, 0.5) is 0 Å². The molecule has 3 rings (SSSR count). The van der Waals surface area contributed by atoms with Crippen LogP contribution in [0.3, 0.4) is 0 Å². The molecule has 2 aromatic carbocycles. The number of benzene rings is 2. The second kappa shape index (κ2) is 8.88. The van der Waals surface area contributed by atoms with Crippen LogP contribution >= 0.6 is 23.4 Å². The molecule has 1 heterocycles. The number of hydrogen-bond donors (Lipinski definition) is 1. The second-order valence-electron chi connectivity index (χ2n) is 5.84. The Hall–Kier alpha value is -2.30. The summed E-state index contributed by atoms with van der Waals surface area (Å²) in [5.74, 6) is -0.0375. The van der Waals surface area contributed by atoms with Crippen LogP contribution < -0.4 is 5.32 Å². The van der Waals surface area contributed by atoms with E-state index in [1.807, 2.05) is 73.7 Å². The fourth-order valence-electron chi connectivity index (χ4n) is 2.58. The molecule has 1 amide bonds. The predicted octanol–water partition coefficient (Wildman–Crippen LogP) is 5.12. The topological polar surface area (TPSA) is 42.0 Å². The third kappa shape index (κ3) is 4.87. The zero-order valence-corrected chi connectivity index (χ0v) is 15.9. The number of carbonyl (C=O) groups excluding carboxylic acids is 1. The maximum absolute atomic E-state index is 12.8. The number of amides is 1. The van der Waals surface area contributed by atoms with Gasteiger partial charge in [-0.2, -0.15) is 0 Å². The van der Waals surface area contributed by atoms with Gasteiger partial charge in [0, 0.05) is 6.20 Å². The highest BCUT2D eigenvalue weighted by atomic mass is 35.5. The molecule has 1 aromatic heterocycles. The lowest BCUT2D eigenvalue weighted by molar-refractivity contribution is -0.120. The van der Waals surface area contributed by atoms with Gasteiger partial charge in [0.05, 0.1) is 21.3 Å². The van der Waals surface area contributed by atoms with E-state index < -0.39 is 0 Å². The molecule has 1 unspecified atom stereocenters. The summed E-state index contributed by atoms with van der Waals surface area (Å²) in [4.78, 5) is 17.0. The van der Waals surface area contributed by atoms with Gasteiger partial charge in [0.25, 0.3) is 0 Å². The Morgan fingerprint density at radius 3 is 2.04 bits per heavy atom. The first-order valence-electron chi connectivity index (χ1n) is 8.32. The van der Waals surface area contributed by atoms with Gasteiger partial charge in [-0.15, -0.1) is 0 Å². The van der Waals surface area contributed by atoms with Gasteiger partial charge in [0.1, 0.15) is 0 Å². The van der Waals surface area contributed by atoms with E-state index in [1.54, 1.807) is 12.3 Å². The first-order valence-corrected chi connectivity index (χ1v) is 9.58. The third-order valence-electron chi connectivity index (χ3n) is 3.92. The molecule has 0 aliphatic rings. The summed E-state index contributed by atoms with van der Waals surface area (Å²) in [6, 6.07) is 23.4. The number of halogens is 1. The molecule has 1 atom stereocenters. The molecule has 3 aromatic rings. The summed E-state index contributed by atoms with van der Waals surface area (Å²) in [6.45, 7) is 1.88. The van der Waals surface area contributed by atoms with Crippen LogP contribution in [0.1, 0.15) is 24.1 Å². The Bertz CT molecular complexity index is 801. The summed E-state index contributed by atoms with van der Waals surface area (Å²) in [7, 11) is 0. The molecular formula is C21H19ClN2OS. The molecule has 0 spiro atoms. The lowest BCUT2D eigenvalue weighted by atomic mass is 9.98. The van der Waals surface area contributed by atoms with E-state index in [0.29, 0.717) is 5.02 Å². The largest absolute Gasteiger partial charge is 0.344 e. The normalized spacial score (nSPS) is 12.0. The Balaban J connectivity index is 1.75. The molecule has 0 saturated heterocycles. The SMILES string of the molecule is CC(Sc1ccc(Cl)cn1)C(=O)NC(c1ccccc1)c1ccccc1. The van der Waals surface area contributed by atoms with Crippen LogP contribution in [0, 0.1) is 0 Å². The monoisotopic (exact) mass is 382 g/mol. The maximum atomic E-state index is 12.8. The van der Waals surface area contributed by atoms with E-state index in [1.165, 1.54) is 11.8 Å². The van der Waals surface area contributed by atoms with Crippen molar-refractivity contribution < 1.29 is 4.79 Å². The molecule has 132 valence electrons. The fourth-order valence-corrected chi connectivity index (χ4v) is 3.49. The van der Waals surface area contributed by atoms with Crippen LogP contribution in [0.2, 0.25) is 5.02 Å². The summed E-state index contributed by atoms with van der Waals surface area (Å²) in [6.07, 6.45) is 1.59. The maximum Gasteiger partial charge on any atom is 0.234 e. The number of nitrogens with one attached hydrogen (secondary N) is 1. The highest BCUT2D eigenvalue weighted by Gasteiger charge is 2.21. The molecule has 26 heavy (non-hydrogen) atoms. The lowest BCUT2D eigenvalue weighted by Crippen LogP contribution is -2.34. The van der Waals surface area contributed by atoms with E-state index in [-0.39, 0.29) is 17.2 Å². The van der Waals surface area contributed by atoms with E-state index in [4.69, 9.17) is 11.6 Å². The van der Waals surface area contributed by atoms with Crippen LogP contribution in [0.15, 0.2) is 84.0 Å². The van der Waals surface area contributed by atoms with Gasteiger partial charge >= 0.3 is 0 Å². The zero-order chi connectivity index (χ0) is 18.4. The van der Waals surface area contributed by atoms with Crippen molar-refractivity contribution in [1.82, 2.24) is 10.3 Å². The van der Waals surface area contributed by atoms with Crippen molar-refractivity contribution in [3.8, 4) is 0 Å². The van der Waals surface area contributed by atoms with Gasteiger partial charge < -0.3 is 5.32 Å². The number of hydrogen-bond acceptors (Lipinski definition) is 3. The molecule has 0 fully saturated rings. The average Bonchev–Trinajstić information content (AvgIpc) is 2.69. The Kier molecular flexibility index (Phi) is 6.31. The summed E-state index contributed by atoms with van der Waals surface area (Å²) in [5.41, 5.74) is 2.10. The molecule has 0 bridgehead atoms. The van der Waals surface area contributed by atoms with Gasteiger partial charge in [-0.1, -0.05) is 84.0 Å². The smallest absolute Gasteiger partial charge is 0.234 e. The predicted molar refractivity (Wildman–Crippen MR) is 107 cm³/mol. The van der Waals surface area contributed by atoms with Gasteiger partial charge in [0.15, 0.2) is 0 Å². The number of carbonyl (C=O) groups is 1. The van der Waals surface area contributed by atoms with Crippen molar-refractivity contribution in [1.29, 1.82) is 0 Å². The molecule has 3 nitrogen and oxygen atoms in total. The summed E-state index contributed by atoms with van der Waals surface area (Å²) in [5, 5.41) is 4.24. The minimum absolute atomic E-state index is 0.0375. The van der Waals surface area contributed by atoms with Gasteiger partial charge in [-0.05, 0) is 30.2 Å². The minimum Gasteiger partial charge on any atom is -0.344 e. The Labute approximate surface area is 162 Å². The second-order valence-corrected chi connectivity index (χ2v) is 7.64. The van der Waals surface area contributed by atoms with Crippen molar-refractivity contribution in [3.05, 3.63) is 95.1 Å². The third-order valence-corrected chi connectivity index (χ3v) is 5.19. The number of thioether (sulfide) groups is 1. The molecule has 5 heteroatoms. The standard InChI is InChI=1S/C21H19ClN2OS/c1-15(26-19-13-12-18(22)14-23-19)21(25)24-20(16-8-4-2-5-9-16)17-10-6-3-7-11-17/h2-15,20H,1H3,(H,24,25). The number of rotatable bonds is 6. The van der Waals surface area contributed by atoms with Crippen molar-refractivity contribution in [3.63, 3.8) is 0 Å². The fraction of sp³-hybridized carbons (Fsp3) is 0.143. The number of pyridine rings is 1. The minimum atomic E-state index is -0.279. The number of aromatic nitrogens is 1. The summed E-state index contributed by atoms with van der Waals surface area (Å²) >= 11 is 7.28. The highest BCUT2D eigenvalue weighted by molar-refractivity contribution is 8.00. The first-order chi connectivity index (χ1) is 12.6. The van der Waals surface area contributed by atoms with Crippen molar-refractivity contribution >= 4 is 29.3 Å². The molecule has 0 aliphatic heterocycles. The zero-order valence-electron chi connectivity index (χ0n) is 14.3. The quantitative estimate of drug-likeness (QED) is 0.601. The summed E-state index contributed by atoms with van der Waals surface area (Å²) < 4.78 is 0. The van der Waals surface area contributed by atoms with E-state index in [2.05, 4.69) is 10.3 Å². The first kappa shape index (κ1) is 18.5. The Morgan fingerprint density at radius 1 is 0.962 bits per heavy atom. The van der Waals surface area contributed by atoms with Crippen LogP contribution in [-0.2, 0) is 4.79 Å². The average molecular weight is 383 g/mol.